The average Bonchev–Trinajstić information content (AvgIpc) is 3.13. The smallest absolute Gasteiger partial charge is 0.245 e. The normalized spacial score (nSPS) is 19.0. The van der Waals surface area contributed by atoms with E-state index < -0.39 is 17.9 Å². The van der Waals surface area contributed by atoms with Crippen LogP contribution in [0.4, 0.5) is 0 Å². The number of hydroxylamine groups is 1. The van der Waals surface area contributed by atoms with Gasteiger partial charge < -0.3 is 15.3 Å². The van der Waals surface area contributed by atoms with Gasteiger partial charge in [0, 0.05) is 18.9 Å². The van der Waals surface area contributed by atoms with Crippen LogP contribution in [0, 0.1) is 11.8 Å². The molecule has 0 aliphatic carbocycles. The number of aliphatic hydroxyl groups is 1. The summed E-state index contributed by atoms with van der Waals surface area (Å²) in [5.74, 6) is -1.86. The van der Waals surface area contributed by atoms with E-state index in [0.29, 0.717) is 13.0 Å². The lowest BCUT2D eigenvalue weighted by molar-refractivity contribution is -0.141. The van der Waals surface area contributed by atoms with Crippen LogP contribution in [0.2, 0.25) is 0 Å². The molecule has 1 rings (SSSR count). The van der Waals surface area contributed by atoms with Crippen LogP contribution in [0.25, 0.3) is 0 Å². The SMILES string of the molecule is CCCCC[C@H](CC(=O)NO)C(=O)N[C@@H](C(=O)N1CCC[C@@H]1CO)C(C)C. The van der Waals surface area contributed by atoms with Crippen molar-refractivity contribution in [2.24, 2.45) is 11.8 Å². The number of rotatable bonds is 11. The molecule has 0 aromatic carbocycles. The predicted molar refractivity (Wildman–Crippen MR) is 101 cm³/mol. The van der Waals surface area contributed by atoms with Crippen LogP contribution in [0.15, 0.2) is 0 Å². The van der Waals surface area contributed by atoms with Crippen LogP contribution in [0.5, 0.6) is 0 Å². The van der Waals surface area contributed by atoms with Crippen molar-refractivity contribution in [1.29, 1.82) is 0 Å². The highest BCUT2D eigenvalue weighted by Crippen LogP contribution is 2.21. The molecule has 1 saturated heterocycles. The summed E-state index contributed by atoms with van der Waals surface area (Å²) in [7, 11) is 0. The van der Waals surface area contributed by atoms with Gasteiger partial charge in [0.05, 0.1) is 12.6 Å². The number of hydrogen-bond acceptors (Lipinski definition) is 5. The standard InChI is InChI=1S/C19H35N3O5/c1-4-5-6-8-14(11-16(24)21-27)18(25)20-17(13(2)3)19(26)22-10-7-9-15(22)12-23/h13-15,17,23,27H,4-12H2,1-3H3,(H,20,25)(H,21,24)/t14-,15-,17-/m1/s1. The molecule has 0 radical (unpaired) electrons. The van der Waals surface area contributed by atoms with Gasteiger partial charge in [0.1, 0.15) is 6.04 Å². The molecule has 4 N–H and O–H groups in total. The van der Waals surface area contributed by atoms with Crippen molar-refractivity contribution in [3.63, 3.8) is 0 Å². The van der Waals surface area contributed by atoms with E-state index in [2.05, 4.69) is 12.2 Å². The summed E-state index contributed by atoms with van der Waals surface area (Å²) in [5, 5.41) is 21.1. The maximum absolute atomic E-state index is 12.9. The van der Waals surface area contributed by atoms with Crippen molar-refractivity contribution in [2.45, 2.75) is 77.8 Å². The molecule has 1 heterocycles. The fraction of sp³-hybridized carbons (Fsp3) is 0.842. The van der Waals surface area contributed by atoms with Gasteiger partial charge in [-0.15, -0.1) is 0 Å². The third kappa shape index (κ3) is 7.10. The van der Waals surface area contributed by atoms with Gasteiger partial charge >= 0.3 is 0 Å². The van der Waals surface area contributed by atoms with Crippen molar-refractivity contribution < 1.29 is 24.7 Å². The van der Waals surface area contributed by atoms with Gasteiger partial charge in [-0.2, -0.15) is 0 Å². The Balaban J connectivity index is 2.82. The number of carbonyl (C=O) groups excluding carboxylic acids is 3. The monoisotopic (exact) mass is 385 g/mol. The molecule has 0 spiro atoms. The van der Waals surface area contributed by atoms with E-state index in [4.69, 9.17) is 5.21 Å². The topological polar surface area (TPSA) is 119 Å². The van der Waals surface area contributed by atoms with Crippen LogP contribution < -0.4 is 10.8 Å². The number of aliphatic hydroxyl groups excluding tert-OH is 1. The second kappa shape index (κ2) is 11.9. The number of unbranched alkanes of at least 4 members (excludes halogenated alkanes) is 2. The summed E-state index contributed by atoms with van der Waals surface area (Å²) in [4.78, 5) is 38.9. The number of carbonyl (C=O) groups is 3. The summed E-state index contributed by atoms with van der Waals surface area (Å²) in [6.07, 6.45) is 4.74. The molecule has 8 heteroatoms. The number of likely N-dealkylation sites (tertiary alicyclic amines) is 1. The van der Waals surface area contributed by atoms with Crippen LogP contribution in [-0.4, -0.2) is 58.2 Å². The minimum Gasteiger partial charge on any atom is -0.394 e. The van der Waals surface area contributed by atoms with Crippen LogP contribution in [0.1, 0.15) is 65.7 Å². The minimum absolute atomic E-state index is 0.0825. The summed E-state index contributed by atoms with van der Waals surface area (Å²) >= 11 is 0. The second-order valence-corrected chi connectivity index (χ2v) is 7.67. The molecule has 27 heavy (non-hydrogen) atoms. The number of nitrogens with zero attached hydrogens (tertiary/aromatic N) is 1. The lowest BCUT2D eigenvalue weighted by Gasteiger charge is -2.31. The van der Waals surface area contributed by atoms with Gasteiger partial charge in [-0.3, -0.25) is 19.6 Å². The Labute approximate surface area is 161 Å². The molecule has 3 atom stereocenters. The van der Waals surface area contributed by atoms with E-state index >= 15 is 0 Å². The summed E-state index contributed by atoms with van der Waals surface area (Å²) in [6, 6.07) is -0.897. The van der Waals surface area contributed by atoms with Gasteiger partial charge in [0.2, 0.25) is 17.7 Å². The Morgan fingerprint density at radius 1 is 1.22 bits per heavy atom. The first-order valence-electron chi connectivity index (χ1n) is 10.00. The van der Waals surface area contributed by atoms with Crippen molar-refractivity contribution in [3.8, 4) is 0 Å². The third-order valence-corrected chi connectivity index (χ3v) is 5.18. The van der Waals surface area contributed by atoms with E-state index in [1.807, 2.05) is 13.8 Å². The average molecular weight is 386 g/mol. The van der Waals surface area contributed by atoms with E-state index in [0.717, 1.165) is 32.1 Å². The molecule has 8 nitrogen and oxygen atoms in total. The molecule has 0 aromatic rings. The number of amides is 3. The first-order valence-corrected chi connectivity index (χ1v) is 10.00. The molecule has 1 aliphatic rings. The lowest BCUT2D eigenvalue weighted by Crippen LogP contribution is -2.54. The van der Waals surface area contributed by atoms with Crippen LogP contribution in [0.3, 0.4) is 0 Å². The molecule has 1 fully saturated rings. The van der Waals surface area contributed by atoms with Gasteiger partial charge in [-0.05, 0) is 25.2 Å². The molecule has 1 aliphatic heterocycles. The van der Waals surface area contributed by atoms with Gasteiger partial charge in [-0.25, -0.2) is 5.48 Å². The van der Waals surface area contributed by atoms with Crippen molar-refractivity contribution in [2.75, 3.05) is 13.2 Å². The Morgan fingerprint density at radius 3 is 2.48 bits per heavy atom. The van der Waals surface area contributed by atoms with Gasteiger partial charge in [0.15, 0.2) is 0 Å². The first kappa shape index (κ1) is 23.4. The highest BCUT2D eigenvalue weighted by Gasteiger charge is 2.36. The zero-order chi connectivity index (χ0) is 20.4. The Morgan fingerprint density at radius 2 is 1.93 bits per heavy atom. The number of nitrogens with one attached hydrogen (secondary N) is 2. The highest BCUT2D eigenvalue weighted by molar-refractivity contribution is 5.91. The second-order valence-electron chi connectivity index (χ2n) is 7.67. The summed E-state index contributed by atoms with van der Waals surface area (Å²) in [6.45, 7) is 6.27. The van der Waals surface area contributed by atoms with E-state index in [1.54, 1.807) is 10.4 Å². The van der Waals surface area contributed by atoms with Crippen LogP contribution in [-0.2, 0) is 14.4 Å². The molecular formula is C19H35N3O5. The largest absolute Gasteiger partial charge is 0.394 e. The van der Waals surface area contributed by atoms with Crippen molar-refractivity contribution >= 4 is 17.7 Å². The third-order valence-electron chi connectivity index (χ3n) is 5.18. The van der Waals surface area contributed by atoms with E-state index in [9.17, 15) is 19.5 Å². The van der Waals surface area contributed by atoms with Gasteiger partial charge in [-0.1, -0.05) is 40.0 Å². The van der Waals surface area contributed by atoms with Crippen molar-refractivity contribution in [3.05, 3.63) is 0 Å². The van der Waals surface area contributed by atoms with Crippen LogP contribution >= 0.6 is 0 Å². The Bertz CT molecular complexity index is 498. The van der Waals surface area contributed by atoms with E-state index in [1.165, 1.54) is 0 Å². The zero-order valence-electron chi connectivity index (χ0n) is 16.7. The first-order chi connectivity index (χ1) is 12.8. The molecule has 0 saturated carbocycles. The van der Waals surface area contributed by atoms with Crippen molar-refractivity contribution in [1.82, 2.24) is 15.7 Å². The molecule has 3 amide bonds. The summed E-state index contributed by atoms with van der Waals surface area (Å²) < 4.78 is 0. The van der Waals surface area contributed by atoms with E-state index in [-0.39, 0.29) is 36.8 Å². The van der Waals surface area contributed by atoms with Gasteiger partial charge in [0.25, 0.3) is 0 Å². The Kier molecular flexibility index (Phi) is 10.3. The molecule has 156 valence electrons. The molecule has 0 bridgehead atoms. The lowest BCUT2D eigenvalue weighted by atomic mass is 9.94. The fourth-order valence-electron chi connectivity index (χ4n) is 3.51. The predicted octanol–water partition coefficient (Wildman–Crippen LogP) is 1.20. The maximum Gasteiger partial charge on any atom is 0.245 e. The minimum atomic E-state index is -0.699. The summed E-state index contributed by atoms with van der Waals surface area (Å²) in [5.41, 5.74) is 1.58. The zero-order valence-corrected chi connectivity index (χ0v) is 16.7. The molecular weight excluding hydrogens is 350 g/mol. The molecule has 0 aromatic heterocycles. The highest BCUT2D eigenvalue weighted by atomic mass is 16.5. The molecule has 0 unspecified atom stereocenters. The number of hydrogen-bond donors (Lipinski definition) is 4. The Hall–Kier alpha value is -1.67. The maximum atomic E-state index is 12.9. The quantitative estimate of drug-likeness (QED) is 0.242. The fourth-order valence-corrected chi connectivity index (χ4v) is 3.51.